The summed E-state index contributed by atoms with van der Waals surface area (Å²) >= 11 is 0. The number of nitrogens with zero attached hydrogens (tertiary/aromatic N) is 3. The first kappa shape index (κ1) is 20.1. The van der Waals surface area contributed by atoms with Crippen molar-refractivity contribution in [1.29, 1.82) is 0 Å². The maximum Gasteiger partial charge on any atom is 0.283 e. The van der Waals surface area contributed by atoms with E-state index in [0.717, 1.165) is 0 Å². The molecule has 30 heavy (non-hydrogen) atoms. The number of non-ortho nitro benzene ring substituents is 1. The standard InChI is InChI=1S/C13H9N.C6H3N3O7/c1-2-5-11-9-13-12(6-3-7-14-13)8-10(11)4-1;10-6-4(8(13)14)1-3(7(11)12)2-5(6)9(15)16/h1-9H;1-2,10H. The van der Waals surface area contributed by atoms with Crippen LogP contribution < -0.4 is 10.1 Å². The Bertz CT molecular complexity index is 1170. The number of benzene rings is 3. The molecule has 11 nitrogen and oxygen atoms in total. The lowest BCUT2D eigenvalue weighted by Crippen LogP contribution is -2.04. The minimum Gasteiger partial charge on any atom is -0.863 e. The van der Waals surface area contributed by atoms with Gasteiger partial charge in [0.2, 0.25) is 5.52 Å². The summed E-state index contributed by atoms with van der Waals surface area (Å²) < 4.78 is 0. The number of nitro groups is 3. The molecule has 0 aliphatic rings. The third-order valence-electron chi connectivity index (χ3n) is 4.17. The SMILES string of the molecule is O=[N+]([O-])c1cc([N+](=O)[O-])c([O-])c([N+](=O)[O-])c1.c1ccc2cc3[nH+]cccc3cc2c1. The van der Waals surface area contributed by atoms with Gasteiger partial charge in [-0.3, -0.25) is 30.3 Å². The van der Waals surface area contributed by atoms with Gasteiger partial charge in [0.05, 0.1) is 32.7 Å². The van der Waals surface area contributed by atoms with E-state index < -0.39 is 37.6 Å². The molecule has 0 bridgehead atoms. The molecular weight excluding hydrogens is 396 g/mol. The number of hydrogen-bond donors (Lipinski definition) is 0. The average Bonchev–Trinajstić information content (AvgIpc) is 2.72. The van der Waals surface area contributed by atoms with Crippen LogP contribution in [0.3, 0.4) is 0 Å². The Morgan fingerprint density at radius 1 is 0.667 bits per heavy atom. The van der Waals surface area contributed by atoms with Crippen molar-refractivity contribution >= 4 is 38.7 Å². The molecule has 1 heterocycles. The molecule has 1 aromatic heterocycles. The van der Waals surface area contributed by atoms with Gasteiger partial charge in [-0.1, -0.05) is 24.3 Å². The summed E-state index contributed by atoms with van der Waals surface area (Å²) in [5.74, 6) is -1.46. The molecule has 0 radical (unpaired) electrons. The van der Waals surface area contributed by atoms with Gasteiger partial charge >= 0.3 is 0 Å². The predicted octanol–water partition coefficient (Wildman–Crippen LogP) is 3.29. The molecule has 0 aliphatic carbocycles. The molecular formula is C19H12N4O7. The van der Waals surface area contributed by atoms with Crippen LogP contribution in [0.4, 0.5) is 17.1 Å². The lowest BCUT2D eigenvalue weighted by molar-refractivity contribution is -0.420. The smallest absolute Gasteiger partial charge is 0.283 e. The minimum absolute atomic E-state index is 0.384. The second kappa shape index (κ2) is 8.14. The molecule has 4 rings (SSSR count). The summed E-state index contributed by atoms with van der Waals surface area (Å²) in [5, 5.41) is 45.9. The third kappa shape index (κ3) is 4.09. The van der Waals surface area contributed by atoms with E-state index in [1.807, 2.05) is 12.3 Å². The van der Waals surface area contributed by atoms with E-state index in [1.165, 1.54) is 21.7 Å². The van der Waals surface area contributed by atoms with E-state index in [2.05, 4.69) is 47.4 Å². The van der Waals surface area contributed by atoms with Crippen LogP contribution in [0.25, 0.3) is 21.7 Å². The lowest BCUT2D eigenvalue weighted by atomic mass is 10.1. The summed E-state index contributed by atoms with van der Waals surface area (Å²) in [6.07, 6.45) is 1.96. The van der Waals surface area contributed by atoms with Crippen molar-refractivity contribution in [3.8, 4) is 5.75 Å². The Balaban J connectivity index is 0.000000171. The molecule has 0 unspecified atom stereocenters. The van der Waals surface area contributed by atoms with Crippen molar-refractivity contribution in [3.63, 3.8) is 0 Å². The first-order valence-corrected chi connectivity index (χ1v) is 8.35. The summed E-state index contributed by atoms with van der Waals surface area (Å²) in [4.78, 5) is 30.8. The number of hydrogen-bond acceptors (Lipinski definition) is 7. The van der Waals surface area contributed by atoms with Crippen LogP contribution in [0.1, 0.15) is 0 Å². The second-order valence-corrected chi connectivity index (χ2v) is 6.04. The van der Waals surface area contributed by atoms with Crippen molar-refractivity contribution in [2.75, 3.05) is 0 Å². The van der Waals surface area contributed by atoms with Crippen LogP contribution in [0.15, 0.2) is 66.9 Å². The molecule has 150 valence electrons. The van der Waals surface area contributed by atoms with E-state index in [1.54, 1.807) is 0 Å². The van der Waals surface area contributed by atoms with Gasteiger partial charge in [-0.05, 0) is 22.9 Å². The first-order chi connectivity index (χ1) is 14.3. The van der Waals surface area contributed by atoms with Crippen molar-refractivity contribution < 1.29 is 24.9 Å². The fourth-order valence-corrected chi connectivity index (χ4v) is 2.77. The van der Waals surface area contributed by atoms with Crippen molar-refractivity contribution in [2.45, 2.75) is 0 Å². The minimum atomic E-state index is -1.46. The summed E-state index contributed by atoms with van der Waals surface area (Å²) in [7, 11) is 0. The Hall–Kier alpha value is -4.67. The van der Waals surface area contributed by atoms with Crippen LogP contribution in [-0.4, -0.2) is 14.8 Å². The van der Waals surface area contributed by atoms with Gasteiger partial charge in [-0.15, -0.1) is 0 Å². The number of fused-ring (bicyclic) bond motifs is 2. The lowest BCUT2D eigenvalue weighted by Gasteiger charge is -2.06. The maximum absolute atomic E-state index is 11.1. The second-order valence-electron chi connectivity index (χ2n) is 6.04. The monoisotopic (exact) mass is 408 g/mol. The molecule has 11 heteroatoms. The normalized spacial score (nSPS) is 10.3. The zero-order chi connectivity index (χ0) is 21.8. The van der Waals surface area contributed by atoms with Crippen LogP contribution >= 0.6 is 0 Å². The van der Waals surface area contributed by atoms with Crippen molar-refractivity contribution in [3.05, 3.63) is 97.2 Å². The topological polar surface area (TPSA) is 167 Å². The third-order valence-corrected chi connectivity index (χ3v) is 4.17. The molecule has 0 aliphatic heterocycles. The average molecular weight is 408 g/mol. The highest BCUT2D eigenvalue weighted by Crippen LogP contribution is 2.36. The van der Waals surface area contributed by atoms with Gasteiger partial charge in [0.15, 0.2) is 6.20 Å². The van der Waals surface area contributed by atoms with Crippen LogP contribution in [0, 0.1) is 30.3 Å². The largest absolute Gasteiger partial charge is 0.863 e. The Morgan fingerprint density at radius 3 is 1.73 bits per heavy atom. The molecule has 4 aromatic rings. The molecule has 0 spiro atoms. The zero-order valence-corrected chi connectivity index (χ0v) is 15.1. The number of H-pyrrole nitrogens is 1. The van der Waals surface area contributed by atoms with Crippen molar-refractivity contribution in [2.24, 2.45) is 0 Å². The van der Waals surface area contributed by atoms with Crippen LogP contribution in [0.2, 0.25) is 0 Å². The van der Waals surface area contributed by atoms with E-state index in [4.69, 9.17) is 0 Å². The maximum atomic E-state index is 11.1. The highest BCUT2D eigenvalue weighted by Gasteiger charge is 2.24. The van der Waals surface area contributed by atoms with Gasteiger partial charge in [0, 0.05) is 17.5 Å². The summed E-state index contributed by atoms with van der Waals surface area (Å²) in [6, 6.07) is 17.7. The molecule has 0 fully saturated rings. The molecule has 3 aromatic carbocycles. The van der Waals surface area contributed by atoms with Gasteiger partial charge in [0.25, 0.3) is 17.1 Å². The van der Waals surface area contributed by atoms with Crippen molar-refractivity contribution in [1.82, 2.24) is 0 Å². The Labute approximate surface area is 167 Å². The fourth-order valence-electron chi connectivity index (χ4n) is 2.77. The first-order valence-electron chi connectivity index (χ1n) is 8.35. The molecule has 0 atom stereocenters. The number of aromatic amines is 1. The number of rotatable bonds is 3. The summed E-state index contributed by atoms with van der Waals surface area (Å²) in [5.41, 5.74) is -2.08. The summed E-state index contributed by atoms with van der Waals surface area (Å²) in [6.45, 7) is 0. The van der Waals surface area contributed by atoms with E-state index in [9.17, 15) is 35.4 Å². The van der Waals surface area contributed by atoms with Gasteiger partial charge in [-0.2, -0.15) is 0 Å². The number of nitrogens with one attached hydrogen (secondary N) is 1. The number of nitro benzene ring substituents is 3. The quantitative estimate of drug-likeness (QED) is 0.285. The van der Waals surface area contributed by atoms with Gasteiger partial charge in [0.1, 0.15) is 0 Å². The van der Waals surface area contributed by atoms with Crippen LogP contribution in [-0.2, 0) is 0 Å². The van der Waals surface area contributed by atoms with Crippen LogP contribution in [0.5, 0.6) is 5.75 Å². The molecule has 0 saturated carbocycles. The highest BCUT2D eigenvalue weighted by atomic mass is 16.6. The Kier molecular flexibility index (Phi) is 5.45. The number of pyridine rings is 1. The fraction of sp³-hybridized carbons (Fsp3) is 0. The molecule has 0 amide bonds. The Morgan fingerprint density at radius 2 is 1.20 bits per heavy atom. The van der Waals surface area contributed by atoms with Gasteiger partial charge in [-0.25, -0.2) is 4.98 Å². The predicted molar refractivity (Wildman–Crippen MR) is 104 cm³/mol. The van der Waals surface area contributed by atoms with E-state index in [-0.39, 0.29) is 0 Å². The molecule has 0 saturated heterocycles. The van der Waals surface area contributed by atoms with E-state index >= 15 is 0 Å². The zero-order valence-electron chi connectivity index (χ0n) is 15.1. The van der Waals surface area contributed by atoms with E-state index in [0.29, 0.717) is 12.1 Å². The molecule has 1 N–H and O–H groups in total. The van der Waals surface area contributed by atoms with Gasteiger partial charge < -0.3 is 5.11 Å². The number of aromatic nitrogens is 1. The highest BCUT2D eigenvalue weighted by molar-refractivity contribution is 5.94.